The van der Waals surface area contributed by atoms with Crippen molar-refractivity contribution in [1.82, 2.24) is 20.1 Å². The average molecular weight is 272 g/mol. The van der Waals surface area contributed by atoms with E-state index in [0.29, 0.717) is 12.2 Å². The van der Waals surface area contributed by atoms with Gasteiger partial charge in [-0.1, -0.05) is 0 Å². The first-order valence-corrected chi connectivity index (χ1v) is 6.58. The normalized spacial score (nSPS) is 15.8. The van der Waals surface area contributed by atoms with Crippen LogP contribution in [0.5, 0.6) is 0 Å². The molecule has 0 bridgehead atoms. The van der Waals surface area contributed by atoms with E-state index in [1.54, 1.807) is 29.2 Å². The van der Waals surface area contributed by atoms with E-state index in [9.17, 15) is 9.90 Å². The number of rotatable bonds is 5. The van der Waals surface area contributed by atoms with Crippen molar-refractivity contribution in [2.24, 2.45) is 5.41 Å². The van der Waals surface area contributed by atoms with E-state index in [0.717, 1.165) is 18.5 Å². The smallest absolute Gasteiger partial charge is 0.269 e. The molecule has 0 spiro atoms. The fourth-order valence-corrected chi connectivity index (χ4v) is 2.03. The molecule has 1 saturated carbocycles. The summed E-state index contributed by atoms with van der Waals surface area (Å²) in [5.41, 5.74) is 1.04. The lowest BCUT2D eigenvalue weighted by Gasteiger charge is -2.12. The van der Waals surface area contributed by atoms with Crippen molar-refractivity contribution in [2.45, 2.75) is 12.8 Å². The molecule has 0 aromatic carbocycles. The Kier molecular flexibility index (Phi) is 3.23. The summed E-state index contributed by atoms with van der Waals surface area (Å²) in [6.45, 7) is 0.615. The van der Waals surface area contributed by atoms with E-state index >= 15 is 0 Å². The molecule has 1 aliphatic rings. The monoisotopic (exact) mass is 272 g/mol. The number of aromatic nitrogens is 3. The van der Waals surface area contributed by atoms with Gasteiger partial charge in [-0.15, -0.1) is 0 Å². The number of nitrogens with zero attached hydrogens (tertiary/aromatic N) is 3. The third-order valence-corrected chi connectivity index (χ3v) is 3.66. The molecule has 20 heavy (non-hydrogen) atoms. The summed E-state index contributed by atoms with van der Waals surface area (Å²) in [5.74, 6) is -0.223. The zero-order valence-electron chi connectivity index (χ0n) is 11.0. The second kappa shape index (κ2) is 5.05. The van der Waals surface area contributed by atoms with Gasteiger partial charge in [0.25, 0.3) is 5.91 Å². The van der Waals surface area contributed by atoms with Crippen LogP contribution in [-0.2, 0) is 0 Å². The Labute approximate surface area is 116 Å². The number of carbonyl (C=O) groups is 1. The largest absolute Gasteiger partial charge is 0.396 e. The van der Waals surface area contributed by atoms with Gasteiger partial charge >= 0.3 is 0 Å². The van der Waals surface area contributed by atoms with E-state index in [1.165, 1.54) is 0 Å². The molecule has 6 heteroatoms. The number of amides is 1. The van der Waals surface area contributed by atoms with Crippen LogP contribution >= 0.6 is 0 Å². The fraction of sp³-hybridized carbons (Fsp3) is 0.357. The molecule has 0 saturated heterocycles. The molecule has 1 aliphatic carbocycles. The predicted octanol–water partition coefficient (Wildman–Crippen LogP) is 0.770. The van der Waals surface area contributed by atoms with Gasteiger partial charge in [0.05, 0.1) is 12.3 Å². The number of pyridine rings is 1. The molecule has 2 aromatic heterocycles. The van der Waals surface area contributed by atoms with Gasteiger partial charge in [0.2, 0.25) is 0 Å². The van der Waals surface area contributed by atoms with E-state index in [1.807, 2.05) is 12.3 Å². The third-order valence-electron chi connectivity index (χ3n) is 3.66. The Morgan fingerprint density at radius 3 is 2.95 bits per heavy atom. The average Bonchev–Trinajstić information content (AvgIpc) is 3.07. The minimum Gasteiger partial charge on any atom is -0.396 e. The van der Waals surface area contributed by atoms with Crippen molar-refractivity contribution in [3.05, 3.63) is 42.5 Å². The standard InChI is InChI=1S/C14H16N4O2/c19-10-14(3-4-14)9-16-13(20)12-8-11(2-6-15-12)18-7-1-5-17-18/h1-2,5-8,19H,3-4,9-10H2,(H,16,20). The van der Waals surface area contributed by atoms with Crippen molar-refractivity contribution in [3.8, 4) is 5.69 Å². The summed E-state index contributed by atoms with van der Waals surface area (Å²) in [7, 11) is 0. The highest BCUT2D eigenvalue weighted by Gasteiger charge is 2.42. The lowest BCUT2D eigenvalue weighted by atomic mass is 10.1. The summed E-state index contributed by atoms with van der Waals surface area (Å²) in [5, 5.41) is 16.2. The summed E-state index contributed by atoms with van der Waals surface area (Å²) >= 11 is 0. The van der Waals surface area contributed by atoms with Crippen LogP contribution in [0.3, 0.4) is 0 Å². The predicted molar refractivity (Wildman–Crippen MR) is 72.4 cm³/mol. The molecule has 1 amide bonds. The highest BCUT2D eigenvalue weighted by Crippen LogP contribution is 2.44. The zero-order chi connectivity index (χ0) is 14.0. The fourth-order valence-electron chi connectivity index (χ4n) is 2.03. The van der Waals surface area contributed by atoms with E-state index < -0.39 is 0 Å². The minimum absolute atomic E-state index is 0.102. The molecule has 3 rings (SSSR count). The topological polar surface area (TPSA) is 80.0 Å². The van der Waals surface area contributed by atoms with Gasteiger partial charge in [0.1, 0.15) is 5.69 Å². The number of nitrogens with one attached hydrogen (secondary N) is 1. The Hall–Kier alpha value is -2.21. The van der Waals surface area contributed by atoms with Gasteiger partial charge in [0, 0.05) is 30.6 Å². The first kappa shape index (κ1) is 12.8. The summed E-state index contributed by atoms with van der Waals surface area (Å²) in [6.07, 6.45) is 7.00. The van der Waals surface area contributed by atoms with Gasteiger partial charge in [-0.05, 0) is 31.0 Å². The Morgan fingerprint density at radius 1 is 1.45 bits per heavy atom. The van der Waals surface area contributed by atoms with Gasteiger partial charge in [0.15, 0.2) is 0 Å². The first-order chi connectivity index (χ1) is 9.72. The van der Waals surface area contributed by atoms with Gasteiger partial charge in [-0.3, -0.25) is 9.78 Å². The van der Waals surface area contributed by atoms with Crippen molar-refractivity contribution in [3.63, 3.8) is 0 Å². The molecule has 0 unspecified atom stereocenters. The first-order valence-electron chi connectivity index (χ1n) is 6.58. The molecule has 2 N–H and O–H groups in total. The Morgan fingerprint density at radius 2 is 2.30 bits per heavy atom. The number of carbonyl (C=O) groups excluding carboxylic acids is 1. The minimum atomic E-state index is -0.223. The molecule has 1 fully saturated rings. The molecule has 6 nitrogen and oxygen atoms in total. The SMILES string of the molecule is O=C(NCC1(CO)CC1)c1cc(-n2cccn2)ccn1. The van der Waals surface area contributed by atoms with Crippen LogP contribution in [0.4, 0.5) is 0 Å². The van der Waals surface area contributed by atoms with Crippen molar-refractivity contribution in [1.29, 1.82) is 0 Å². The maximum absolute atomic E-state index is 12.1. The maximum Gasteiger partial charge on any atom is 0.269 e. The summed E-state index contributed by atoms with van der Waals surface area (Å²) in [4.78, 5) is 16.2. The van der Waals surface area contributed by atoms with Gasteiger partial charge in [-0.25, -0.2) is 4.68 Å². The van der Waals surface area contributed by atoms with Crippen LogP contribution < -0.4 is 5.32 Å². The van der Waals surface area contributed by atoms with Crippen molar-refractivity contribution in [2.75, 3.05) is 13.2 Å². The molecule has 2 aromatic rings. The number of hydrogen-bond acceptors (Lipinski definition) is 4. The lowest BCUT2D eigenvalue weighted by molar-refractivity contribution is 0.0930. The van der Waals surface area contributed by atoms with E-state index in [4.69, 9.17) is 0 Å². The van der Waals surface area contributed by atoms with E-state index in [-0.39, 0.29) is 17.9 Å². The second-order valence-corrected chi connectivity index (χ2v) is 5.19. The maximum atomic E-state index is 12.1. The number of hydrogen-bond donors (Lipinski definition) is 2. The Balaban J connectivity index is 1.70. The van der Waals surface area contributed by atoms with Crippen LogP contribution in [-0.4, -0.2) is 38.9 Å². The van der Waals surface area contributed by atoms with Gasteiger partial charge in [-0.2, -0.15) is 5.10 Å². The lowest BCUT2D eigenvalue weighted by Crippen LogP contribution is -2.32. The Bertz CT molecular complexity index is 605. The number of aliphatic hydroxyl groups excluding tert-OH is 1. The second-order valence-electron chi connectivity index (χ2n) is 5.19. The molecular formula is C14H16N4O2. The molecule has 2 heterocycles. The quantitative estimate of drug-likeness (QED) is 0.842. The molecule has 0 atom stereocenters. The van der Waals surface area contributed by atoms with Gasteiger partial charge < -0.3 is 10.4 Å². The van der Waals surface area contributed by atoms with Crippen LogP contribution in [0.25, 0.3) is 5.69 Å². The molecular weight excluding hydrogens is 256 g/mol. The van der Waals surface area contributed by atoms with Crippen LogP contribution in [0.1, 0.15) is 23.3 Å². The van der Waals surface area contributed by atoms with Crippen molar-refractivity contribution < 1.29 is 9.90 Å². The molecule has 0 aliphatic heterocycles. The van der Waals surface area contributed by atoms with Crippen molar-refractivity contribution >= 4 is 5.91 Å². The van der Waals surface area contributed by atoms with Crippen LogP contribution in [0.2, 0.25) is 0 Å². The number of aliphatic hydroxyl groups is 1. The van der Waals surface area contributed by atoms with Crippen LogP contribution in [0.15, 0.2) is 36.8 Å². The highest BCUT2D eigenvalue weighted by molar-refractivity contribution is 5.92. The zero-order valence-corrected chi connectivity index (χ0v) is 11.0. The third kappa shape index (κ3) is 2.55. The van der Waals surface area contributed by atoms with E-state index in [2.05, 4.69) is 15.4 Å². The van der Waals surface area contributed by atoms with Crippen LogP contribution in [0, 0.1) is 5.41 Å². The molecule has 0 radical (unpaired) electrons. The summed E-state index contributed by atoms with van der Waals surface area (Å²) < 4.78 is 1.68. The summed E-state index contributed by atoms with van der Waals surface area (Å²) in [6, 6.07) is 5.30. The highest BCUT2D eigenvalue weighted by atomic mass is 16.3. The molecule has 104 valence electrons.